The minimum absolute atomic E-state index is 0.0841. The molecule has 1 N–H and O–H groups in total. The third kappa shape index (κ3) is 3.81. The van der Waals surface area contributed by atoms with Gasteiger partial charge in [0.25, 0.3) is 0 Å². The van der Waals surface area contributed by atoms with Crippen molar-refractivity contribution in [2.45, 2.75) is 13.0 Å². The molecule has 0 saturated carbocycles. The molecule has 0 atom stereocenters. The highest BCUT2D eigenvalue weighted by Gasteiger charge is 2.10. The van der Waals surface area contributed by atoms with E-state index in [2.05, 4.69) is 15.4 Å². The second-order valence-electron chi connectivity index (χ2n) is 5.43. The van der Waals surface area contributed by atoms with Crippen molar-refractivity contribution in [2.24, 2.45) is 7.05 Å². The lowest BCUT2D eigenvalue weighted by Gasteiger charge is -2.05. The Morgan fingerprint density at radius 1 is 1.21 bits per heavy atom. The van der Waals surface area contributed by atoms with Gasteiger partial charge in [0.2, 0.25) is 5.91 Å². The Labute approximate surface area is 145 Å². The van der Waals surface area contributed by atoms with Gasteiger partial charge in [-0.2, -0.15) is 5.10 Å². The molecule has 0 aliphatic carbocycles. The van der Waals surface area contributed by atoms with Crippen LogP contribution in [0.1, 0.15) is 11.3 Å². The number of hydrogen-bond donors (Lipinski definition) is 1. The maximum Gasteiger partial charge on any atom is 0.224 e. The van der Waals surface area contributed by atoms with Crippen molar-refractivity contribution in [3.63, 3.8) is 0 Å². The van der Waals surface area contributed by atoms with Gasteiger partial charge in [-0.05, 0) is 29.8 Å². The van der Waals surface area contributed by atoms with Crippen molar-refractivity contribution in [3.8, 4) is 11.3 Å². The molecule has 0 saturated heterocycles. The number of nitrogens with zero attached hydrogens (tertiary/aromatic N) is 3. The lowest BCUT2D eigenvalue weighted by Crippen LogP contribution is -2.24. The Hall–Kier alpha value is -2.66. The van der Waals surface area contributed by atoms with Gasteiger partial charge >= 0.3 is 0 Å². The van der Waals surface area contributed by atoms with Gasteiger partial charge in [-0.1, -0.05) is 29.8 Å². The van der Waals surface area contributed by atoms with Gasteiger partial charge < -0.3 is 5.32 Å². The second kappa shape index (κ2) is 7.27. The number of carbonyl (C=O) groups excluding carboxylic acids is 1. The molecule has 3 rings (SSSR count). The molecule has 0 fully saturated rings. The van der Waals surface area contributed by atoms with Gasteiger partial charge in [0.15, 0.2) is 0 Å². The minimum Gasteiger partial charge on any atom is -0.350 e. The van der Waals surface area contributed by atoms with E-state index in [4.69, 9.17) is 11.6 Å². The molecule has 3 aromatic rings. The number of carbonyl (C=O) groups is 1. The highest BCUT2D eigenvalue weighted by Crippen LogP contribution is 2.19. The number of pyridine rings is 1. The Morgan fingerprint density at radius 3 is 2.71 bits per heavy atom. The van der Waals surface area contributed by atoms with Gasteiger partial charge in [0.1, 0.15) is 0 Å². The van der Waals surface area contributed by atoms with Gasteiger partial charge in [-0.3, -0.25) is 14.5 Å². The fourth-order valence-corrected chi connectivity index (χ4v) is 2.67. The van der Waals surface area contributed by atoms with Crippen LogP contribution in [0.3, 0.4) is 0 Å². The van der Waals surface area contributed by atoms with Crippen molar-refractivity contribution in [2.75, 3.05) is 0 Å². The molecule has 1 amide bonds. The minimum atomic E-state index is -0.0841. The van der Waals surface area contributed by atoms with E-state index >= 15 is 0 Å². The number of rotatable bonds is 5. The number of aromatic nitrogens is 3. The summed E-state index contributed by atoms with van der Waals surface area (Å²) in [6.07, 6.45) is 3.74. The summed E-state index contributed by atoms with van der Waals surface area (Å²) in [5.41, 5.74) is 3.63. The summed E-state index contributed by atoms with van der Waals surface area (Å²) in [7, 11) is 1.88. The van der Waals surface area contributed by atoms with E-state index in [1.165, 1.54) is 0 Å². The molecule has 2 heterocycles. The molecular weight excluding hydrogens is 324 g/mol. The van der Waals surface area contributed by atoms with Gasteiger partial charge in [-0.15, -0.1) is 0 Å². The average molecular weight is 341 g/mol. The second-order valence-corrected chi connectivity index (χ2v) is 5.83. The lowest BCUT2D eigenvalue weighted by molar-refractivity contribution is -0.120. The van der Waals surface area contributed by atoms with Crippen LogP contribution in [0.2, 0.25) is 5.02 Å². The monoisotopic (exact) mass is 340 g/mol. The van der Waals surface area contributed by atoms with Crippen LogP contribution >= 0.6 is 11.6 Å². The predicted octanol–water partition coefficient (Wildman–Crippen LogP) is 2.99. The van der Waals surface area contributed by atoms with E-state index in [1.807, 2.05) is 43.4 Å². The highest BCUT2D eigenvalue weighted by molar-refractivity contribution is 6.31. The van der Waals surface area contributed by atoms with E-state index < -0.39 is 0 Å². The summed E-state index contributed by atoms with van der Waals surface area (Å²) in [6.45, 7) is 0.377. The summed E-state index contributed by atoms with van der Waals surface area (Å²) >= 11 is 6.08. The van der Waals surface area contributed by atoms with Crippen molar-refractivity contribution < 1.29 is 4.79 Å². The highest BCUT2D eigenvalue weighted by atomic mass is 35.5. The zero-order chi connectivity index (χ0) is 16.9. The fourth-order valence-electron chi connectivity index (χ4n) is 2.47. The van der Waals surface area contributed by atoms with Crippen LogP contribution in [-0.4, -0.2) is 20.7 Å². The third-order valence-electron chi connectivity index (χ3n) is 3.68. The van der Waals surface area contributed by atoms with Crippen molar-refractivity contribution in [1.82, 2.24) is 20.1 Å². The zero-order valence-corrected chi connectivity index (χ0v) is 14.0. The first kappa shape index (κ1) is 16.2. The fraction of sp³-hybridized carbons (Fsp3) is 0.167. The van der Waals surface area contributed by atoms with Gasteiger partial charge in [-0.25, -0.2) is 0 Å². The van der Waals surface area contributed by atoms with E-state index in [1.54, 1.807) is 23.1 Å². The van der Waals surface area contributed by atoms with Crippen LogP contribution in [0.4, 0.5) is 0 Å². The Kier molecular flexibility index (Phi) is 4.91. The lowest BCUT2D eigenvalue weighted by atomic mass is 10.1. The average Bonchev–Trinajstić information content (AvgIpc) is 2.97. The van der Waals surface area contributed by atoms with E-state index in [-0.39, 0.29) is 12.3 Å². The van der Waals surface area contributed by atoms with Crippen LogP contribution in [0, 0.1) is 0 Å². The molecule has 122 valence electrons. The van der Waals surface area contributed by atoms with Crippen LogP contribution in [0.15, 0.2) is 54.9 Å². The number of amides is 1. The molecular formula is C18H17ClN4O. The molecule has 6 heteroatoms. The predicted molar refractivity (Wildman–Crippen MR) is 93.4 cm³/mol. The van der Waals surface area contributed by atoms with Crippen molar-refractivity contribution in [1.29, 1.82) is 0 Å². The van der Waals surface area contributed by atoms with Crippen LogP contribution in [0.25, 0.3) is 11.3 Å². The van der Waals surface area contributed by atoms with Crippen molar-refractivity contribution in [3.05, 3.63) is 71.1 Å². The van der Waals surface area contributed by atoms with E-state index in [0.29, 0.717) is 11.6 Å². The standard InChI is InChI=1S/C18H17ClN4O/c1-23-17(13-6-8-20-9-7-13)11-15(22-23)12-21-18(24)10-14-4-2-3-5-16(14)19/h2-9,11H,10,12H2,1H3,(H,21,24). The first-order chi connectivity index (χ1) is 11.6. The van der Waals surface area contributed by atoms with Crippen LogP contribution < -0.4 is 5.32 Å². The van der Waals surface area contributed by atoms with Gasteiger partial charge in [0, 0.05) is 30.0 Å². The SMILES string of the molecule is Cn1nc(CNC(=O)Cc2ccccc2Cl)cc1-c1ccncc1. The zero-order valence-electron chi connectivity index (χ0n) is 13.2. The molecule has 0 bridgehead atoms. The summed E-state index contributed by atoms with van der Waals surface area (Å²) in [4.78, 5) is 16.1. The number of nitrogens with one attached hydrogen (secondary N) is 1. The molecule has 0 aliphatic heterocycles. The quantitative estimate of drug-likeness (QED) is 0.776. The molecule has 0 radical (unpaired) electrons. The van der Waals surface area contributed by atoms with Crippen molar-refractivity contribution >= 4 is 17.5 Å². The largest absolute Gasteiger partial charge is 0.350 e. The smallest absolute Gasteiger partial charge is 0.224 e. The van der Waals surface area contributed by atoms with E-state index in [0.717, 1.165) is 22.5 Å². The Bertz CT molecular complexity index is 845. The number of benzene rings is 1. The maximum atomic E-state index is 12.1. The summed E-state index contributed by atoms with van der Waals surface area (Å²) < 4.78 is 1.80. The number of hydrogen-bond acceptors (Lipinski definition) is 3. The topological polar surface area (TPSA) is 59.8 Å². The summed E-state index contributed by atoms with van der Waals surface area (Å²) in [5, 5.41) is 7.92. The summed E-state index contributed by atoms with van der Waals surface area (Å²) in [6, 6.07) is 13.2. The maximum absolute atomic E-state index is 12.1. The Morgan fingerprint density at radius 2 is 1.96 bits per heavy atom. The van der Waals surface area contributed by atoms with Gasteiger partial charge in [0.05, 0.1) is 24.4 Å². The molecule has 1 aromatic carbocycles. The van der Waals surface area contributed by atoms with Crippen LogP contribution in [-0.2, 0) is 24.8 Å². The Balaban J connectivity index is 1.63. The molecule has 2 aromatic heterocycles. The normalized spacial score (nSPS) is 10.6. The molecule has 0 aliphatic rings. The summed E-state index contributed by atoms with van der Waals surface area (Å²) in [5.74, 6) is -0.0841. The number of halogens is 1. The first-order valence-electron chi connectivity index (χ1n) is 7.57. The van der Waals surface area contributed by atoms with E-state index in [9.17, 15) is 4.79 Å². The molecule has 24 heavy (non-hydrogen) atoms. The van der Waals surface area contributed by atoms with Crippen LogP contribution in [0.5, 0.6) is 0 Å². The number of aryl methyl sites for hydroxylation is 1. The first-order valence-corrected chi connectivity index (χ1v) is 7.94. The molecule has 0 unspecified atom stereocenters. The molecule has 5 nitrogen and oxygen atoms in total. The molecule has 0 spiro atoms. The third-order valence-corrected chi connectivity index (χ3v) is 4.05.